The summed E-state index contributed by atoms with van der Waals surface area (Å²) in [6.45, 7) is 7.06. The van der Waals surface area contributed by atoms with Gasteiger partial charge in [-0.05, 0) is 65.7 Å². The van der Waals surface area contributed by atoms with Crippen molar-refractivity contribution in [2.45, 2.75) is 82.9 Å². The molecule has 0 spiro atoms. The van der Waals surface area contributed by atoms with E-state index in [9.17, 15) is 9.59 Å². The number of likely N-dealkylation sites (tertiary alicyclic amines) is 1. The van der Waals surface area contributed by atoms with Crippen molar-refractivity contribution in [2.75, 3.05) is 20.1 Å². The number of nitrogens with zero attached hydrogens (tertiary/aromatic N) is 2. The summed E-state index contributed by atoms with van der Waals surface area (Å²) in [5.41, 5.74) is 5.60. The van der Waals surface area contributed by atoms with Crippen molar-refractivity contribution in [1.29, 1.82) is 0 Å². The van der Waals surface area contributed by atoms with Crippen LogP contribution in [0.4, 0.5) is 4.79 Å². The number of rotatable bonds is 2. The van der Waals surface area contributed by atoms with Crippen LogP contribution in [-0.4, -0.2) is 59.1 Å². The third kappa shape index (κ3) is 3.64. The lowest BCUT2D eigenvalue weighted by molar-refractivity contribution is -0.143. The number of fused-ring (bicyclic) bond motifs is 2. The van der Waals surface area contributed by atoms with Crippen LogP contribution >= 0.6 is 0 Å². The highest BCUT2D eigenvalue weighted by Gasteiger charge is 2.57. The lowest BCUT2D eigenvalue weighted by Gasteiger charge is -2.40. The van der Waals surface area contributed by atoms with Gasteiger partial charge in [-0.1, -0.05) is 0 Å². The summed E-state index contributed by atoms with van der Waals surface area (Å²) >= 11 is 0. The number of hydrogen-bond acceptors (Lipinski definition) is 4. The molecule has 1 heterocycles. The molecule has 2 N–H and O–H groups in total. The molecular formula is C19H33N3O3. The summed E-state index contributed by atoms with van der Waals surface area (Å²) in [5, 5.41) is 0. The van der Waals surface area contributed by atoms with E-state index in [1.807, 2.05) is 25.7 Å². The Morgan fingerprint density at radius 1 is 1.12 bits per heavy atom. The molecule has 142 valence electrons. The molecule has 1 aliphatic heterocycles. The lowest BCUT2D eigenvalue weighted by Crippen LogP contribution is -2.51. The fourth-order valence-corrected chi connectivity index (χ4v) is 4.82. The highest BCUT2D eigenvalue weighted by molar-refractivity contribution is 5.84. The van der Waals surface area contributed by atoms with E-state index in [0.717, 1.165) is 58.0 Å². The molecule has 6 heteroatoms. The van der Waals surface area contributed by atoms with Gasteiger partial charge in [0.2, 0.25) is 5.91 Å². The van der Waals surface area contributed by atoms with Crippen LogP contribution in [0.5, 0.6) is 0 Å². The number of hydrogen-bond donors (Lipinski definition) is 1. The predicted molar refractivity (Wildman–Crippen MR) is 96.0 cm³/mol. The van der Waals surface area contributed by atoms with Gasteiger partial charge in [-0.3, -0.25) is 4.79 Å². The van der Waals surface area contributed by atoms with Gasteiger partial charge >= 0.3 is 6.09 Å². The van der Waals surface area contributed by atoms with Crippen LogP contribution in [0.3, 0.4) is 0 Å². The number of nitrogens with two attached hydrogens (primary N) is 1. The largest absolute Gasteiger partial charge is 0.444 e. The van der Waals surface area contributed by atoms with E-state index < -0.39 is 5.60 Å². The van der Waals surface area contributed by atoms with Crippen LogP contribution in [0.2, 0.25) is 0 Å². The number of carbonyl (C=O) groups is 2. The molecule has 0 aromatic rings. The summed E-state index contributed by atoms with van der Waals surface area (Å²) in [6, 6.07) is 0.136. The smallest absolute Gasteiger partial charge is 0.410 e. The second-order valence-corrected chi connectivity index (χ2v) is 9.43. The van der Waals surface area contributed by atoms with Crippen molar-refractivity contribution >= 4 is 12.0 Å². The Kier molecular flexibility index (Phi) is 4.55. The summed E-state index contributed by atoms with van der Waals surface area (Å²) in [7, 11) is 1.80. The van der Waals surface area contributed by atoms with Crippen molar-refractivity contribution in [1.82, 2.24) is 9.80 Å². The third-order valence-electron chi connectivity index (χ3n) is 6.33. The minimum atomic E-state index is -0.485. The molecule has 0 aromatic heterocycles. The lowest BCUT2D eigenvalue weighted by atomic mass is 9.82. The van der Waals surface area contributed by atoms with Crippen LogP contribution in [0, 0.1) is 5.41 Å². The first-order valence-electron chi connectivity index (χ1n) is 9.58. The van der Waals surface area contributed by atoms with E-state index in [0.29, 0.717) is 5.91 Å². The van der Waals surface area contributed by atoms with Gasteiger partial charge in [0.05, 0.1) is 5.41 Å². The van der Waals surface area contributed by atoms with E-state index in [1.54, 1.807) is 11.9 Å². The number of carbonyl (C=O) groups excluding carboxylic acids is 2. The minimum absolute atomic E-state index is 0.0923. The average Bonchev–Trinajstić information content (AvgIpc) is 3.07. The molecule has 0 aromatic carbocycles. The van der Waals surface area contributed by atoms with Gasteiger partial charge in [-0.15, -0.1) is 0 Å². The molecule has 2 bridgehead atoms. The normalized spacial score (nSPS) is 32.8. The average molecular weight is 351 g/mol. The van der Waals surface area contributed by atoms with Crippen LogP contribution in [0.15, 0.2) is 0 Å². The highest BCUT2D eigenvalue weighted by atomic mass is 16.6. The first-order valence-corrected chi connectivity index (χ1v) is 9.58. The first-order chi connectivity index (χ1) is 11.5. The molecule has 1 saturated heterocycles. The van der Waals surface area contributed by atoms with Crippen molar-refractivity contribution in [3.8, 4) is 0 Å². The van der Waals surface area contributed by atoms with E-state index in [2.05, 4.69) is 0 Å². The zero-order chi connectivity index (χ0) is 18.5. The molecule has 6 nitrogen and oxygen atoms in total. The highest BCUT2D eigenvalue weighted by Crippen LogP contribution is 2.56. The van der Waals surface area contributed by atoms with Gasteiger partial charge in [0, 0.05) is 31.7 Å². The summed E-state index contributed by atoms with van der Waals surface area (Å²) < 4.78 is 5.45. The van der Waals surface area contributed by atoms with Crippen molar-refractivity contribution < 1.29 is 14.3 Å². The quantitative estimate of drug-likeness (QED) is 0.829. The first kappa shape index (κ1) is 18.5. The third-order valence-corrected chi connectivity index (χ3v) is 6.33. The summed E-state index contributed by atoms with van der Waals surface area (Å²) in [4.78, 5) is 29.0. The Labute approximate surface area is 151 Å². The van der Waals surface area contributed by atoms with Gasteiger partial charge in [0.15, 0.2) is 0 Å². The van der Waals surface area contributed by atoms with Gasteiger partial charge < -0.3 is 20.3 Å². The van der Waals surface area contributed by atoms with Crippen molar-refractivity contribution in [2.24, 2.45) is 11.1 Å². The number of ether oxygens (including phenoxy) is 1. The van der Waals surface area contributed by atoms with E-state index in [1.165, 1.54) is 0 Å². The predicted octanol–water partition coefficient (Wildman–Crippen LogP) is 2.51. The van der Waals surface area contributed by atoms with E-state index >= 15 is 0 Å². The minimum Gasteiger partial charge on any atom is -0.444 e. The molecule has 2 saturated carbocycles. The van der Waals surface area contributed by atoms with Gasteiger partial charge in [0.25, 0.3) is 0 Å². The van der Waals surface area contributed by atoms with Gasteiger partial charge in [0.1, 0.15) is 5.60 Å². The molecular weight excluding hydrogens is 318 g/mol. The topological polar surface area (TPSA) is 75.9 Å². The van der Waals surface area contributed by atoms with Crippen molar-refractivity contribution in [3.05, 3.63) is 0 Å². The Morgan fingerprint density at radius 3 is 2.12 bits per heavy atom. The van der Waals surface area contributed by atoms with E-state index in [4.69, 9.17) is 10.5 Å². The molecule has 3 aliphatic rings. The molecule has 2 amide bonds. The fourth-order valence-electron chi connectivity index (χ4n) is 4.82. The molecule has 25 heavy (non-hydrogen) atoms. The number of amides is 2. The maximum atomic E-state index is 13.1. The monoisotopic (exact) mass is 351 g/mol. The molecule has 3 fully saturated rings. The SMILES string of the molecule is CN(C(=O)OC(C)(C)C)C1CCN(C(=O)C23CCC(N)(CC2)C3)CC1. The fraction of sp³-hybridized carbons (Fsp3) is 0.895. The van der Waals surface area contributed by atoms with Crippen LogP contribution < -0.4 is 5.73 Å². The molecule has 0 radical (unpaired) electrons. The van der Waals surface area contributed by atoms with E-state index in [-0.39, 0.29) is 23.1 Å². The van der Waals surface area contributed by atoms with Gasteiger partial charge in [-0.25, -0.2) is 4.79 Å². The molecule has 0 atom stereocenters. The van der Waals surface area contributed by atoms with Gasteiger partial charge in [-0.2, -0.15) is 0 Å². The van der Waals surface area contributed by atoms with Crippen LogP contribution in [0.1, 0.15) is 65.7 Å². The summed E-state index contributed by atoms with van der Waals surface area (Å²) in [5.74, 6) is 0.302. The second-order valence-electron chi connectivity index (χ2n) is 9.43. The maximum absolute atomic E-state index is 13.1. The standard InChI is InChI=1S/C19H33N3O3/c1-17(2,3)25-16(24)21(4)14-5-11-22(12-6-14)15(23)18-7-9-19(20,13-18)10-8-18/h14H,5-13,20H2,1-4H3. The molecule has 3 rings (SSSR count). The molecule has 0 unspecified atom stereocenters. The Morgan fingerprint density at radius 2 is 1.68 bits per heavy atom. The Hall–Kier alpha value is -1.30. The van der Waals surface area contributed by atoms with Crippen LogP contribution in [-0.2, 0) is 9.53 Å². The Bertz CT molecular complexity index is 539. The second kappa shape index (κ2) is 6.15. The van der Waals surface area contributed by atoms with Crippen LogP contribution in [0.25, 0.3) is 0 Å². The maximum Gasteiger partial charge on any atom is 0.410 e. The Balaban J connectivity index is 1.54. The number of piperidine rings is 1. The zero-order valence-corrected chi connectivity index (χ0v) is 16.1. The summed E-state index contributed by atoms with van der Waals surface area (Å²) in [6.07, 6.45) is 6.05. The zero-order valence-electron chi connectivity index (χ0n) is 16.1. The molecule has 2 aliphatic carbocycles. The van der Waals surface area contributed by atoms with Crippen molar-refractivity contribution in [3.63, 3.8) is 0 Å².